The Balaban J connectivity index is 1.74. The van der Waals surface area contributed by atoms with E-state index in [-0.39, 0.29) is 4.90 Å². The normalized spacial score (nSPS) is 16.5. The van der Waals surface area contributed by atoms with Crippen LogP contribution in [0.25, 0.3) is 10.2 Å². The van der Waals surface area contributed by atoms with Crippen molar-refractivity contribution >= 4 is 42.8 Å². The van der Waals surface area contributed by atoms with Crippen molar-refractivity contribution in [2.75, 3.05) is 45.2 Å². The van der Waals surface area contributed by atoms with Gasteiger partial charge in [0.15, 0.2) is 5.13 Å². The molecule has 1 aromatic heterocycles. The first kappa shape index (κ1) is 20.0. The zero-order valence-corrected chi connectivity index (χ0v) is 17.1. The highest BCUT2D eigenvalue weighted by atomic mass is 32.2. The SMILES string of the molecule is CCCCOC(=O)Nc1nc2ccc(S(=O)(=O)N3CCN(C)CC3)cc2s1. The second kappa shape index (κ2) is 8.51. The number of unbranched alkanes of at least 4 members (excludes halogenated alkanes) is 1. The second-order valence-corrected chi connectivity index (χ2v) is 9.44. The summed E-state index contributed by atoms with van der Waals surface area (Å²) in [5.74, 6) is 0. The van der Waals surface area contributed by atoms with Gasteiger partial charge in [-0.2, -0.15) is 4.31 Å². The monoisotopic (exact) mass is 412 g/mol. The quantitative estimate of drug-likeness (QED) is 0.733. The lowest BCUT2D eigenvalue weighted by Crippen LogP contribution is -2.46. The molecule has 2 aromatic rings. The number of aromatic nitrogens is 1. The molecule has 0 bridgehead atoms. The van der Waals surface area contributed by atoms with E-state index in [4.69, 9.17) is 4.74 Å². The van der Waals surface area contributed by atoms with Gasteiger partial charge in [0.05, 0.1) is 21.7 Å². The number of amides is 1. The summed E-state index contributed by atoms with van der Waals surface area (Å²) in [6.45, 7) is 4.78. The van der Waals surface area contributed by atoms with Crippen LogP contribution in [0.2, 0.25) is 0 Å². The van der Waals surface area contributed by atoms with Crippen LogP contribution >= 0.6 is 11.3 Å². The van der Waals surface area contributed by atoms with Crippen LogP contribution in [-0.4, -0.2) is 68.5 Å². The molecule has 1 aromatic carbocycles. The Bertz CT molecular complexity index is 905. The van der Waals surface area contributed by atoms with Crippen LogP contribution in [0.1, 0.15) is 19.8 Å². The van der Waals surface area contributed by atoms with E-state index in [1.165, 1.54) is 15.6 Å². The van der Waals surface area contributed by atoms with Crippen molar-refractivity contribution in [2.24, 2.45) is 0 Å². The van der Waals surface area contributed by atoms with E-state index < -0.39 is 16.1 Å². The van der Waals surface area contributed by atoms with E-state index in [2.05, 4.69) is 15.2 Å². The lowest BCUT2D eigenvalue weighted by molar-refractivity contribution is 0.160. The Hall–Kier alpha value is -1.75. The van der Waals surface area contributed by atoms with Crippen LogP contribution in [0, 0.1) is 0 Å². The zero-order chi connectivity index (χ0) is 19.4. The number of anilines is 1. The molecule has 0 aliphatic carbocycles. The molecule has 0 unspecified atom stereocenters. The molecule has 2 heterocycles. The van der Waals surface area contributed by atoms with Gasteiger partial charge in [-0.25, -0.2) is 18.2 Å². The molecule has 148 valence electrons. The summed E-state index contributed by atoms with van der Waals surface area (Å²) in [4.78, 5) is 18.4. The molecule has 0 saturated carbocycles. The summed E-state index contributed by atoms with van der Waals surface area (Å²) in [6, 6.07) is 4.86. The molecule has 0 atom stereocenters. The second-order valence-electron chi connectivity index (χ2n) is 6.47. The maximum Gasteiger partial charge on any atom is 0.413 e. The molecule has 27 heavy (non-hydrogen) atoms. The Labute approximate surface area is 163 Å². The molecule has 0 radical (unpaired) electrons. The number of rotatable bonds is 6. The van der Waals surface area contributed by atoms with E-state index in [0.29, 0.717) is 35.0 Å². The molecule has 1 amide bonds. The number of nitrogens with zero attached hydrogens (tertiary/aromatic N) is 3. The van der Waals surface area contributed by atoms with Crippen LogP contribution in [0.4, 0.5) is 9.93 Å². The lowest BCUT2D eigenvalue weighted by atomic mass is 10.3. The smallest absolute Gasteiger partial charge is 0.413 e. The average Bonchev–Trinajstić information content (AvgIpc) is 3.03. The van der Waals surface area contributed by atoms with Gasteiger partial charge < -0.3 is 9.64 Å². The topological polar surface area (TPSA) is 91.8 Å². The first-order valence-corrected chi connectivity index (χ1v) is 11.2. The number of thiazole rings is 1. The molecule has 8 nitrogen and oxygen atoms in total. The van der Waals surface area contributed by atoms with Crippen molar-refractivity contribution in [1.29, 1.82) is 0 Å². The van der Waals surface area contributed by atoms with Gasteiger partial charge in [-0.3, -0.25) is 5.32 Å². The number of benzene rings is 1. The summed E-state index contributed by atoms with van der Waals surface area (Å²) in [5.41, 5.74) is 0.640. The molecular weight excluding hydrogens is 388 g/mol. The van der Waals surface area contributed by atoms with Crippen molar-refractivity contribution < 1.29 is 17.9 Å². The molecule has 1 fully saturated rings. The number of hydrogen-bond donors (Lipinski definition) is 1. The zero-order valence-electron chi connectivity index (χ0n) is 15.5. The van der Waals surface area contributed by atoms with Crippen LogP contribution < -0.4 is 5.32 Å². The number of nitrogens with one attached hydrogen (secondary N) is 1. The number of ether oxygens (including phenoxy) is 1. The minimum Gasteiger partial charge on any atom is -0.449 e. The summed E-state index contributed by atoms with van der Waals surface area (Å²) in [6.07, 6.45) is 1.20. The third kappa shape index (κ3) is 4.75. The van der Waals surface area contributed by atoms with Crippen molar-refractivity contribution in [1.82, 2.24) is 14.2 Å². The number of fused-ring (bicyclic) bond motifs is 1. The van der Waals surface area contributed by atoms with Crippen molar-refractivity contribution in [3.8, 4) is 0 Å². The highest BCUT2D eigenvalue weighted by Gasteiger charge is 2.27. The first-order valence-electron chi connectivity index (χ1n) is 8.93. The third-order valence-electron chi connectivity index (χ3n) is 4.40. The summed E-state index contributed by atoms with van der Waals surface area (Å²) in [5, 5.41) is 2.99. The van der Waals surface area contributed by atoms with Gasteiger partial charge in [0.1, 0.15) is 0 Å². The number of carbonyl (C=O) groups is 1. The summed E-state index contributed by atoms with van der Waals surface area (Å²) < 4.78 is 33.0. The van der Waals surface area contributed by atoms with Gasteiger partial charge in [-0.15, -0.1) is 0 Å². The highest BCUT2D eigenvalue weighted by Crippen LogP contribution is 2.29. The standard InChI is InChI=1S/C17H24N4O4S2/c1-3-4-11-25-17(22)19-16-18-14-6-5-13(12-15(14)26-16)27(23,24)21-9-7-20(2)8-10-21/h5-6,12H,3-4,7-11H2,1-2H3,(H,18,19,22). The first-order chi connectivity index (χ1) is 12.9. The molecular formula is C17H24N4O4S2. The molecule has 1 aliphatic rings. The fourth-order valence-corrected chi connectivity index (χ4v) is 5.14. The third-order valence-corrected chi connectivity index (χ3v) is 7.23. The molecule has 3 rings (SSSR count). The predicted molar refractivity (Wildman–Crippen MR) is 106 cm³/mol. The molecule has 1 N–H and O–H groups in total. The van der Waals surface area contributed by atoms with Crippen LogP contribution in [0.15, 0.2) is 23.1 Å². The van der Waals surface area contributed by atoms with Gasteiger partial charge in [-0.05, 0) is 31.7 Å². The average molecular weight is 413 g/mol. The molecule has 1 aliphatic heterocycles. The molecule has 0 spiro atoms. The highest BCUT2D eigenvalue weighted by molar-refractivity contribution is 7.89. The van der Waals surface area contributed by atoms with Crippen LogP contribution in [0.3, 0.4) is 0 Å². The molecule has 1 saturated heterocycles. The van der Waals surface area contributed by atoms with Gasteiger partial charge in [0, 0.05) is 26.2 Å². The van der Waals surface area contributed by atoms with E-state index in [1.807, 2.05) is 14.0 Å². The Morgan fingerprint density at radius 2 is 2.04 bits per heavy atom. The van der Waals surface area contributed by atoms with Gasteiger partial charge in [0.25, 0.3) is 0 Å². The van der Waals surface area contributed by atoms with Gasteiger partial charge >= 0.3 is 6.09 Å². The van der Waals surface area contributed by atoms with E-state index >= 15 is 0 Å². The number of likely N-dealkylation sites (N-methyl/N-ethyl adjacent to an activating group) is 1. The largest absolute Gasteiger partial charge is 0.449 e. The Kier molecular flexibility index (Phi) is 6.30. The number of sulfonamides is 1. The minimum absolute atomic E-state index is 0.250. The maximum absolute atomic E-state index is 12.9. The maximum atomic E-state index is 12.9. The predicted octanol–water partition coefficient (Wildman–Crippen LogP) is 2.58. The van der Waals surface area contributed by atoms with E-state index in [0.717, 1.165) is 25.9 Å². The molecule has 10 heteroatoms. The van der Waals surface area contributed by atoms with Crippen molar-refractivity contribution in [2.45, 2.75) is 24.7 Å². The van der Waals surface area contributed by atoms with E-state index in [9.17, 15) is 13.2 Å². The fraction of sp³-hybridized carbons (Fsp3) is 0.529. The minimum atomic E-state index is -3.53. The van der Waals surface area contributed by atoms with Crippen LogP contribution in [0.5, 0.6) is 0 Å². The van der Waals surface area contributed by atoms with Gasteiger partial charge in [-0.1, -0.05) is 24.7 Å². The number of hydrogen-bond acceptors (Lipinski definition) is 7. The Morgan fingerprint density at radius 3 is 2.74 bits per heavy atom. The number of carbonyl (C=O) groups excluding carboxylic acids is 1. The summed E-state index contributed by atoms with van der Waals surface area (Å²) >= 11 is 1.23. The summed E-state index contributed by atoms with van der Waals surface area (Å²) in [7, 11) is -1.55. The van der Waals surface area contributed by atoms with Crippen molar-refractivity contribution in [3.63, 3.8) is 0 Å². The fourth-order valence-electron chi connectivity index (χ4n) is 2.73. The lowest BCUT2D eigenvalue weighted by Gasteiger charge is -2.31. The number of piperazine rings is 1. The van der Waals surface area contributed by atoms with Crippen molar-refractivity contribution in [3.05, 3.63) is 18.2 Å². The van der Waals surface area contributed by atoms with Gasteiger partial charge in [0.2, 0.25) is 10.0 Å². The Morgan fingerprint density at radius 1 is 1.30 bits per heavy atom. The van der Waals surface area contributed by atoms with Crippen LogP contribution in [-0.2, 0) is 14.8 Å². The van der Waals surface area contributed by atoms with E-state index in [1.54, 1.807) is 18.2 Å².